The minimum Gasteiger partial charge on any atom is -0.479 e. The first kappa shape index (κ1) is 17.2. The molecular weight excluding hydrogens is 356 g/mol. The predicted octanol–water partition coefficient (Wildman–Crippen LogP) is -0.234. The van der Waals surface area contributed by atoms with Gasteiger partial charge < -0.3 is 15.7 Å². The number of aliphatic carboxylic acids is 1. The summed E-state index contributed by atoms with van der Waals surface area (Å²) in [5, 5.41) is 9.21. The number of carbonyl (C=O) groups excluding carboxylic acids is 1. The molecule has 2 heterocycles. The molecule has 0 aliphatic carbocycles. The van der Waals surface area contributed by atoms with E-state index in [9.17, 15) is 23.1 Å². The maximum atomic E-state index is 12.5. The third-order valence-electron chi connectivity index (χ3n) is 4.06. The van der Waals surface area contributed by atoms with Gasteiger partial charge >= 0.3 is 5.97 Å². The first-order chi connectivity index (χ1) is 11.2. The van der Waals surface area contributed by atoms with Crippen molar-refractivity contribution in [3.63, 3.8) is 0 Å². The number of fused-ring (bicyclic) bond motifs is 1. The molecule has 8 nitrogen and oxygen atoms in total. The van der Waals surface area contributed by atoms with Crippen molar-refractivity contribution in [2.24, 2.45) is 5.73 Å². The molecule has 2 aliphatic rings. The minimum atomic E-state index is -4.29. The molecule has 1 aromatic carbocycles. The lowest BCUT2D eigenvalue weighted by atomic mass is 10.0. The Morgan fingerprint density at radius 1 is 1.42 bits per heavy atom. The average molecular weight is 372 g/mol. The Morgan fingerprint density at radius 2 is 2.04 bits per heavy atom. The van der Waals surface area contributed by atoms with Crippen molar-refractivity contribution in [1.82, 2.24) is 4.90 Å². The Labute approximate surface area is 143 Å². The first-order valence-corrected chi connectivity index (χ1v) is 9.55. The van der Waals surface area contributed by atoms with Crippen LogP contribution in [0.2, 0.25) is 0 Å². The molecule has 3 rings (SSSR count). The number of nitrogens with zero attached hydrogens (tertiary/aromatic N) is 1. The van der Waals surface area contributed by atoms with Gasteiger partial charge in [-0.2, -0.15) is 8.42 Å². The number of amides is 1. The third kappa shape index (κ3) is 2.69. The zero-order valence-corrected chi connectivity index (χ0v) is 14.3. The van der Waals surface area contributed by atoms with Crippen LogP contribution in [0.15, 0.2) is 29.2 Å². The third-order valence-corrected chi connectivity index (χ3v) is 6.97. The predicted molar refractivity (Wildman–Crippen MR) is 85.8 cm³/mol. The maximum absolute atomic E-state index is 12.5. The molecule has 10 heteroatoms. The Bertz CT molecular complexity index is 794. The van der Waals surface area contributed by atoms with Gasteiger partial charge in [0.05, 0.1) is 11.4 Å². The van der Waals surface area contributed by atoms with Gasteiger partial charge in [-0.05, 0) is 19.1 Å². The van der Waals surface area contributed by atoms with Gasteiger partial charge in [0.25, 0.3) is 10.1 Å². The van der Waals surface area contributed by atoms with E-state index in [4.69, 9.17) is 9.92 Å². The molecule has 0 aromatic heterocycles. The van der Waals surface area contributed by atoms with Gasteiger partial charge in [-0.1, -0.05) is 17.7 Å². The zero-order valence-electron chi connectivity index (χ0n) is 12.7. The van der Waals surface area contributed by atoms with Crippen molar-refractivity contribution >= 4 is 33.8 Å². The lowest BCUT2D eigenvalue weighted by Gasteiger charge is -2.51. The number of rotatable bonds is 4. The van der Waals surface area contributed by atoms with Crippen LogP contribution in [-0.4, -0.2) is 59.6 Å². The number of β-lactam (4-membered cyclic amide) rings is 1. The summed E-state index contributed by atoms with van der Waals surface area (Å²) in [7, 11) is -4.29. The van der Waals surface area contributed by atoms with E-state index in [2.05, 4.69) is 0 Å². The molecule has 2 aliphatic heterocycles. The second-order valence-corrected chi connectivity index (χ2v) is 8.49. The topological polar surface area (TPSA) is 127 Å². The van der Waals surface area contributed by atoms with Gasteiger partial charge in [0.15, 0.2) is 0 Å². The van der Waals surface area contributed by atoms with Crippen molar-refractivity contribution in [2.45, 2.75) is 28.8 Å². The van der Waals surface area contributed by atoms with E-state index >= 15 is 0 Å². The molecule has 1 amide bonds. The van der Waals surface area contributed by atoms with Crippen LogP contribution in [0, 0.1) is 6.92 Å². The lowest BCUT2D eigenvalue weighted by Crippen LogP contribution is -2.74. The zero-order chi connectivity index (χ0) is 17.7. The van der Waals surface area contributed by atoms with Crippen LogP contribution in [0.1, 0.15) is 5.56 Å². The SMILES string of the molecule is Cc1ccc(S(=O)(=O)OC2(C(=O)O)CS[C@@H]3C(N)C(=O)N3C2)cc1. The molecule has 3 atom stereocenters. The summed E-state index contributed by atoms with van der Waals surface area (Å²) < 4.78 is 30.0. The fraction of sp³-hybridized carbons (Fsp3) is 0.429. The summed E-state index contributed by atoms with van der Waals surface area (Å²) in [5.74, 6) is -1.96. The summed E-state index contributed by atoms with van der Waals surface area (Å²) in [4.78, 5) is 24.6. The Hall–Kier alpha value is -1.62. The highest BCUT2D eigenvalue weighted by molar-refractivity contribution is 8.00. The summed E-state index contributed by atoms with van der Waals surface area (Å²) in [5.41, 5.74) is 4.49. The maximum Gasteiger partial charge on any atom is 0.340 e. The summed E-state index contributed by atoms with van der Waals surface area (Å²) >= 11 is 1.11. The molecule has 3 N–H and O–H groups in total. The molecule has 2 saturated heterocycles. The van der Waals surface area contributed by atoms with Gasteiger partial charge in [-0.15, -0.1) is 11.8 Å². The number of hydrogen-bond donors (Lipinski definition) is 2. The van der Waals surface area contributed by atoms with Crippen LogP contribution in [0.25, 0.3) is 0 Å². The number of thioether (sulfide) groups is 1. The fourth-order valence-corrected chi connectivity index (χ4v) is 5.27. The van der Waals surface area contributed by atoms with Crippen LogP contribution < -0.4 is 5.73 Å². The van der Waals surface area contributed by atoms with Crippen LogP contribution >= 0.6 is 11.8 Å². The molecule has 0 bridgehead atoms. The van der Waals surface area contributed by atoms with Gasteiger partial charge in [0, 0.05) is 5.75 Å². The quantitative estimate of drug-likeness (QED) is 0.548. The lowest BCUT2D eigenvalue weighted by molar-refractivity contribution is -0.162. The molecule has 24 heavy (non-hydrogen) atoms. The highest BCUT2D eigenvalue weighted by atomic mass is 32.2. The van der Waals surface area contributed by atoms with E-state index in [1.807, 2.05) is 0 Å². The molecular formula is C14H16N2O6S2. The van der Waals surface area contributed by atoms with Crippen molar-refractivity contribution in [3.8, 4) is 0 Å². The van der Waals surface area contributed by atoms with Crippen LogP contribution in [-0.2, 0) is 23.9 Å². The summed E-state index contributed by atoms with van der Waals surface area (Å²) in [6, 6.07) is 5.20. The van der Waals surface area contributed by atoms with Gasteiger partial charge in [-0.3, -0.25) is 4.79 Å². The summed E-state index contributed by atoms with van der Waals surface area (Å²) in [6.45, 7) is 1.45. The molecule has 130 valence electrons. The first-order valence-electron chi connectivity index (χ1n) is 7.10. The number of nitrogens with two attached hydrogens (primary N) is 1. The number of hydrogen-bond acceptors (Lipinski definition) is 7. The van der Waals surface area contributed by atoms with Crippen LogP contribution in [0.4, 0.5) is 0 Å². The van der Waals surface area contributed by atoms with Crippen molar-refractivity contribution < 1.29 is 27.3 Å². The van der Waals surface area contributed by atoms with Gasteiger partial charge in [-0.25, -0.2) is 8.98 Å². The Kier molecular flexibility index (Phi) is 4.11. The van der Waals surface area contributed by atoms with E-state index in [0.717, 1.165) is 17.3 Å². The van der Waals surface area contributed by atoms with Crippen molar-refractivity contribution in [1.29, 1.82) is 0 Å². The number of carboxylic acids is 1. The molecule has 2 fully saturated rings. The van der Waals surface area contributed by atoms with Crippen LogP contribution in [0.5, 0.6) is 0 Å². The van der Waals surface area contributed by atoms with Crippen molar-refractivity contribution in [3.05, 3.63) is 29.8 Å². The minimum absolute atomic E-state index is 0.116. The molecule has 0 saturated carbocycles. The largest absolute Gasteiger partial charge is 0.479 e. The smallest absolute Gasteiger partial charge is 0.340 e. The number of carboxylic acid groups (broad SMARTS) is 1. The van der Waals surface area contributed by atoms with E-state index in [-0.39, 0.29) is 22.6 Å². The Morgan fingerprint density at radius 3 is 2.62 bits per heavy atom. The highest BCUT2D eigenvalue weighted by Gasteiger charge is 2.58. The molecule has 0 radical (unpaired) electrons. The highest BCUT2D eigenvalue weighted by Crippen LogP contribution is 2.40. The normalized spacial score (nSPS) is 29.8. The number of carbonyl (C=O) groups is 2. The van der Waals surface area contributed by atoms with E-state index < -0.39 is 33.6 Å². The molecule has 2 unspecified atom stereocenters. The molecule has 1 aromatic rings. The van der Waals surface area contributed by atoms with Gasteiger partial charge in [0.1, 0.15) is 11.4 Å². The fourth-order valence-electron chi connectivity index (χ4n) is 2.63. The monoisotopic (exact) mass is 372 g/mol. The van der Waals surface area contributed by atoms with Gasteiger partial charge in [0.2, 0.25) is 11.5 Å². The summed E-state index contributed by atoms with van der Waals surface area (Å²) in [6.07, 6.45) is 0. The van der Waals surface area contributed by atoms with E-state index in [1.54, 1.807) is 19.1 Å². The second kappa shape index (κ2) is 5.73. The van der Waals surface area contributed by atoms with E-state index in [1.165, 1.54) is 17.0 Å². The second-order valence-electron chi connectivity index (χ2n) is 5.84. The number of aryl methyl sites for hydroxylation is 1. The van der Waals surface area contributed by atoms with Crippen molar-refractivity contribution in [2.75, 3.05) is 12.3 Å². The van der Waals surface area contributed by atoms with E-state index in [0.29, 0.717) is 0 Å². The Balaban J connectivity index is 1.88. The molecule has 0 spiro atoms. The number of benzene rings is 1. The standard InChI is InChI=1S/C14H16N2O6S2/c1-8-2-4-9(5-3-8)24(20,21)22-14(13(18)19)6-16-11(17)10(15)12(16)23-7-14/h2-5,10,12H,6-7,15H2,1H3,(H,18,19)/t10?,12-,14?/m1/s1. The average Bonchev–Trinajstić information content (AvgIpc) is 2.54. The van der Waals surface area contributed by atoms with Crippen LogP contribution in [0.3, 0.4) is 0 Å².